The third kappa shape index (κ3) is 6.30. The van der Waals surface area contributed by atoms with E-state index in [4.69, 9.17) is 28.1 Å². The lowest BCUT2D eigenvalue weighted by molar-refractivity contribution is 1.07. The van der Waals surface area contributed by atoms with Gasteiger partial charge in [-0.3, -0.25) is 0 Å². The summed E-state index contributed by atoms with van der Waals surface area (Å²) in [7, 11) is 0. The second kappa shape index (κ2) is 14.3. The first kappa shape index (κ1) is 32.5. The fourth-order valence-electron chi connectivity index (χ4n) is 6.62. The van der Waals surface area contributed by atoms with Crippen LogP contribution in [0.5, 0.6) is 0 Å². The molecule has 0 bridgehead atoms. The molecule has 2 aromatic heterocycles. The van der Waals surface area contributed by atoms with Gasteiger partial charge in [0.15, 0.2) is 28.8 Å². The van der Waals surface area contributed by atoms with E-state index in [9.17, 15) is 0 Å². The van der Waals surface area contributed by atoms with Crippen LogP contribution in [0.15, 0.2) is 170 Å². The summed E-state index contributed by atoms with van der Waals surface area (Å²) in [6.45, 7) is 19.3. The van der Waals surface area contributed by atoms with Gasteiger partial charge in [0.25, 0.3) is 0 Å². The molecule has 6 heteroatoms. The zero-order chi connectivity index (χ0) is 36.1. The van der Waals surface area contributed by atoms with Gasteiger partial charge in [0.05, 0.1) is 29.9 Å². The smallest absolute Gasteiger partial charge is 0.188 e. The van der Waals surface area contributed by atoms with Gasteiger partial charge in [-0.15, -0.1) is 0 Å². The molecule has 8 rings (SSSR count). The van der Waals surface area contributed by atoms with Crippen LogP contribution in [0.3, 0.4) is 0 Å². The predicted molar refractivity (Wildman–Crippen MR) is 217 cm³/mol. The number of hydrogen-bond acceptors (Lipinski definition) is 3. The molecule has 0 amide bonds. The highest BCUT2D eigenvalue weighted by Crippen LogP contribution is 2.42. The van der Waals surface area contributed by atoms with Crippen molar-refractivity contribution in [1.82, 2.24) is 19.5 Å². The van der Waals surface area contributed by atoms with Crippen molar-refractivity contribution in [2.75, 3.05) is 0 Å². The maximum absolute atomic E-state index is 7.74. The van der Waals surface area contributed by atoms with Crippen molar-refractivity contribution >= 4 is 39.3 Å². The minimum absolute atomic E-state index is 0.538. The van der Waals surface area contributed by atoms with Gasteiger partial charge in [-0.1, -0.05) is 140 Å². The van der Waals surface area contributed by atoms with Crippen molar-refractivity contribution in [1.29, 1.82) is 0 Å². The number of nitrogens with zero attached hydrogens (tertiary/aromatic N) is 6. The van der Waals surface area contributed by atoms with E-state index in [1.807, 2.05) is 133 Å². The number of allylic oxidation sites excluding steroid dienone is 4. The Kier molecular flexibility index (Phi) is 8.77. The van der Waals surface area contributed by atoms with E-state index < -0.39 is 0 Å². The molecule has 0 aliphatic heterocycles. The topological polar surface area (TPSA) is 52.3 Å². The summed E-state index contributed by atoms with van der Waals surface area (Å²) in [5, 5.41) is 1.81. The van der Waals surface area contributed by atoms with Gasteiger partial charge in [0.1, 0.15) is 0 Å². The molecule has 0 N–H and O–H groups in total. The van der Waals surface area contributed by atoms with Crippen LogP contribution in [0.1, 0.15) is 5.56 Å². The van der Waals surface area contributed by atoms with Crippen LogP contribution in [-0.4, -0.2) is 19.5 Å². The summed E-state index contributed by atoms with van der Waals surface area (Å²) >= 11 is 0. The highest BCUT2D eigenvalue weighted by atomic mass is 15.0. The minimum Gasteiger partial charge on any atom is -0.308 e. The van der Waals surface area contributed by atoms with Crippen LogP contribution >= 0.6 is 0 Å². The molecule has 53 heavy (non-hydrogen) atoms. The molecule has 0 aliphatic rings. The summed E-state index contributed by atoms with van der Waals surface area (Å²) < 4.78 is 2.24. The Morgan fingerprint density at radius 2 is 1.00 bits per heavy atom. The van der Waals surface area contributed by atoms with Gasteiger partial charge in [-0.25, -0.2) is 24.6 Å². The number of benzene rings is 6. The molecule has 0 aliphatic carbocycles. The first-order chi connectivity index (χ1) is 26.1. The summed E-state index contributed by atoms with van der Waals surface area (Å²) in [5.74, 6) is 1.71. The van der Waals surface area contributed by atoms with Crippen LogP contribution < -0.4 is 0 Å². The monoisotopic (exact) mass is 678 g/mol. The number of hydrogen-bond donors (Lipinski definition) is 0. The van der Waals surface area contributed by atoms with E-state index in [0.29, 0.717) is 28.8 Å². The quantitative estimate of drug-likeness (QED) is 0.119. The summed E-state index contributed by atoms with van der Waals surface area (Å²) in [5.41, 5.74) is 9.36. The van der Waals surface area contributed by atoms with E-state index in [2.05, 4.69) is 51.2 Å². The number of rotatable bonds is 8. The Bertz CT molecular complexity index is 2670. The molecule has 0 spiro atoms. The molecule has 0 radical (unpaired) electrons. The summed E-state index contributed by atoms with van der Waals surface area (Å²) in [6.07, 6.45) is 9.67. The number of aromatic nitrogens is 4. The Hall–Kier alpha value is -7.67. The van der Waals surface area contributed by atoms with Crippen LogP contribution in [0.2, 0.25) is 0 Å². The van der Waals surface area contributed by atoms with Crippen molar-refractivity contribution in [2.24, 2.45) is 0 Å². The molecule has 2 heterocycles. The first-order valence-corrected chi connectivity index (χ1v) is 17.0. The van der Waals surface area contributed by atoms with Crippen molar-refractivity contribution in [3.8, 4) is 51.0 Å². The highest BCUT2D eigenvalue weighted by Gasteiger charge is 2.22. The van der Waals surface area contributed by atoms with E-state index >= 15 is 0 Å². The average Bonchev–Trinajstić information content (AvgIpc) is 3.55. The molecular formula is C47H30N6. The molecule has 8 aromatic rings. The molecule has 0 saturated carbocycles. The fraction of sp³-hybridized carbons (Fsp3) is 0. The van der Waals surface area contributed by atoms with Gasteiger partial charge < -0.3 is 4.57 Å². The lowest BCUT2D eigenvalue weighted by Gasteiger charge is -2.19. The maximum atomic E-state index is 7.74. The van der Waals surface area contributed by atoms with Gasteiger partial charge in [0, 0.05) is 22.3 Å². The second-order valence-electron chi connectivity index (χ2n) is 12.3. The summed E-state index contributed by atoms with van der Waals surface area (Å²) in [6, 6.07) is 46.0. The Morgan fingerprint density at radius 1 is 0.509 bits per heavy atom. The Balaban J connectivity index is 1.48. The lowest BCUT2D eigenvalue weighted by Crippen LogP contribution is -2.04. The van der Waals surface area contributed by atoms with Gasteiger partial charge in [-0.05, 0) is 58.3 Å². The molecule has 0 fully saturated rings. The van der Waals surface area contributed by atoms with E-state index in [0.717, 1.165) is 60.9 Å². The normalized spacial score (nSPS) is 11.3. The van der Waals surface area contributed by atoms with Crippen molar-refractivity contribution < 1.29 is 0 Å². The molecule has 248 valence electrons. The Labute approximate surface area is 307 Å². The van der Waals surface area contributed by atoms with Crippen LogP contribution in [0, 0.1) is 13.1 Å². The van der Waals surface area contributed by atoms with Gasteiger partial charge in [0.2, 0.25) is 0 Å². The zero-order valence-corrected chi connectivity index (χ0v) is 28.6. The molecular weight excluding hydrogens is 649 g/mol. The molecule has 6 aromatic carbocycles. The Morgan fingerprint density at radius 3 is 1.49 bits per heavy atom. The fourth-order valence-corrected chi connectivity index (χ4v) is 6.62. The summed E-state index contributed by atoms with van der Waals surface area (Å²) in [4.78, 5) is 22.5. The lowest BCUT2D eigenvalue weighted by atomic mass is 9.95. The zero-order valence-electron chi connectivity index (χ0n) is 28.6. The van der Waals surface area contributed by atoms with Crippen molar-refractivity contribution in [2.45, 2.75) is 0 Å². The molecule has 0 atom stereocenters. The van der Waals surface area contributed by atoms with E-state index in [1.54, 1.807) is 6.08 Å². The minimum atomic E-state index is 0.538. The number of fused-ring (bicyclic) bond motifs is 3. The van der Waals surface area contributed by atoms with Gasteiger partial charge in [-0.2, -0.15) is 0 Å². The average molecular weight is 679 g/mol. The van der Waals surface area contributed by atoms with Gasteiger partial charge >= 0.3 is 0 Å². The SMILES string of the molecule is [C-]#[N+]c1ccc2c(c1)c1cc([N+]#[C-])ccc1n2-c1c(/C=C/C=C\C=C)cc(-c2nc(-c3ccccc3)nc(-c3ccccc3)n2)cc1-c1ccccc1. The highest BCUT2D eigenvalue weighted by molar-refractivity contribution is 6.12. The third-order valence-electron chi connectivity index (χ3n) is 9.03. The third-order valence-corrected chi connectivity index (χ3v) is 9.03. The standard InChI is InChI=1S/C47H30N6/c1-4-5-6-10-23-35-28-36(47-51-45(33-19-13-8-14-20-33)50-46(52-47)34-21-15-9-16-22-34)29-39(32-17-11-7-12-18-32)44(35)53-42-26-24-37(48-2)30-40(42)41-31-38(49-3)25-27-43(41)53/h4-31H,1H2/b6-5-,23-10+. The van der Waals surface area contributed by atoms with E-state index in [-0.39, 0.29) is 0 Å². The van der Waals surface area contributed by atoms with Crippen LogP contribution in [0.4, 0.5) is 11.4 Å². The predicted octanol–water partition coefficient (Wildman–Crippen LogP) is 12.5. The van der Waals surface area contributed by atoms with Crippen LogP contribution in [-0.2, 0) is 0 Å². The second-order valence-corrected chi connectivity index (χ2v) is 12.3. The van der Waals surface area contributed by atoms with E-state index in [1.165, 1.54) is 0 Å². The van der Waals surface area contributed by atoms with Crippen molar-refractivity contribution in [3.63, 3.8) is 0 Å². The molecule has 0 unspecified atom stereocenters. The molecule has 6 nitrogen and oxygen atoms in total. The largest absolute Gasteiger partial charge is 0.308 e. The van der Waals surface area contributed by atoms with Crippen LogP contribution in [0.25, 0.3) is 88.5 Å². The maximum Gasteiger partial charge on any atom is 0.188 e. The van der Waals surface area contributed by atoms with Crippen molar-refractivity contribution in [3.05, 3.63) is 199 Å². The first-order valence-electron chi connectivity index (χ1n) is 17.0. The molecule has 0 saturated heterocycles.